The van der Waals surface area contributed by atoms with Crippen LogP contribution in [0, 0.1) is 25.7 Å². The molecule has 2 aromatic rings. The predicted octanol–water partition coefficient (Wildman–Crippen LogP) is 5.31. The number of para-hydroxylation sites is 1. The van der Waals surface area contributed by atoms with E-state index in [0.29, 0.717) is 25.3 Å². The molecule has 8 nitrogen and oxygen atoms in total. The zero-order valence-electron chi connectivity index (χ0n) is 25.1. The minimum absolute atomic E-state index is 0.0958. The number of nitrogens with one attached hydrogen (secondary N) is 2. The lowest BCUT2D eigenvalue weighted by Crippen LogP contribution is -2.52. The molecule has 9 heteroatoms. The summed E-state index contributed by atoms with van der Waals surface area (Å²) in [5.74, 6) is -0.840. The van der Waals surface area contributed by atoms with Gasteiger partial charge in [0.05, 0.1) is 23.2 Å². The van der Waals surface area contributed by atoms with Crippen LogP contribution in [0.1, 0.15) is 63.5 Å². The Bertz CT molecular complexity index is 1310. The Kier molecular flexibility index (Phi) is 8.90. The van der Waals surface area contributed by atoms with E-state index in [1.807, 2.05) is 63.2 Å². The Hall–Kier alpha value is -3.04. The van der Waals surface area contributed by atoms with Gasteiger partial charge in [0.2, 0.25) is 17.7 Å². The molecule has 226 valence electrons. The summed E-state index contributed by atoms with van der Waals surface area (Å²) in [5.41, 5.74) is 3.39. The van der Waals surface area contributed by atoms with Crippen LogP contribution >= 0.6 is 11.8 Å². The van der Waals surface area contributed by atoms with Crippen LogP contribution in [0.3, 0.4) is 0 Å². The highest BCUT2D eigenvalue weighted by Gasteiger charge is 2.77. The number of benzene rings is 2. The molecule has 3 N–H and O–H groups in total. The van der Waals surface area contributed by atoms with Crippen molar-refractivity contribution >= 4 is 40.9 Å². The number of carbonyl (C=O) groups is 3. The maximum atomic E-state index is 14.3. The molecule has 0 aliphatic carbocycles. The number of likely N-dealkylation sites (tertiary alicyclic amines) is 1. The number of fused-ring (bicyclic) bond motifs is 1. The standard InChI is InChI=1S/C33H43N3O5S/c1-5-41-24-15-13-23(14-16-24)34-29(38)25-26-31(40)36(19-8-6-7-9-20-37)28(33(26)18-17-32(25,4)42-33)30(39)35-27-21(2)11-10-12-22(27)3/h10-16,25-26,28,37H,5-9,17-20H2,1-4H3,(H,34,38)(H,35,39)/t25-,26-,28?,32+,33?/m0/s1. The Labute approximate surface area is 253 Å². The number of hydrogen-bond donors (Lipinski definition) is 3. The molecule has 0 saturated carbocycles. The first-order chi connectivity index (χ1) is 20.1. The number of ether oxygens (including phenoxy) is 1. The average Bonchev–Trinajstić information content (AvgIpc) is 3.52. The molecule has 0 aromatic heterocycles. The van der Waals surface area contributed by atoms with Gasteiger partial charge in [-0.25, -0.2) is 0 Å². The number of aliphatic hydroxyl groups excluding tert-OH is 1. The van der Waals surface area contributed by atoms with Crippen LogP contribution in [-0.2, 0) is 14.4 Å². The van der Waals surface area contributed by atoms with E-state index < -0.39 is 27.4 Å². The van der Waals surface area contributed by atoms with Gasteiger partial charge in [-0.05, 0) is 88.8 Å². The lowest BCUT2D eigenvalue weighted by Gasteiger charge is -2.35. The predicted molar refractivity (Wildman–Crippen MR) is 167 cm³/mol. The van der Waals surface area contributed by atoms with E-state index in [2.05, 4.69) is 17.6 Å². The monoisotopic (exact) mass is 593 g/mol. The van der Waals surface area contributed by atoms with E-state index in [1.54, 1.807) is 16.7 Å². The number of carbonyl (C=O) groups excluding carboxylic acids is 3. The van der Waals surface area contributed by atoms with Crippen LogP contribution < -0.4 is 15.4 Å². The topological polar surface area (TPSA) is 108 Å². The lowest BCUT2D eigenvalue weighted by atomic mass is 9.66. The first kappa shape index (κ1) is 30.4. The van der Waals surface area contributed by atoms with Crippen molar-refractivity contribution in [2.75, 3.05) is 30.4 Å². The molecule has 5 atom stereocenters. The number of aliphatic hydroxyl groups is 1. The van der Waals surface area contributed by atoms with Crippen molar-refractivity contribution in [2.24, 2.45) is 11.8 Å². The summed E-state index contributed by atoms with van der Waals surface area (Å²) in [6.07, 6.45) is 4.67. The molecule has 3 aliphatic heterocycles. The number of anilines is 2. The summed E-state index contributed by atoms with van der Waals surface area (Å²) in [4.78, 5) is 44.3. The van der Waals surface area contributed by atoms with Crippen molar-refractivity contribution in [2.45, 2.75) is 81.8 Å². The Morgan fingerprint density at radius 2 is 1.69 bits per heavy atom. The van der Waals surface area contributed by atoms with Crippen molar-refractivity contribution < 1.29 is 24.2 Å². The quantitative estimate of drug-likeness (QED) is 0.288. The maximum absolute atomic E-state index is 14.3. The number of thioether (sulfide) groups is 1. The van der Waals surface area contributed by atoms with Crippen molar-refractivity contribution in [1.29, 1.82) is 0 Å². The van der Waals surface area contributed by atoms with Crippen molar-refractivity contribution in [3.05, 3.63) is 53.6 Å². The number of rotatable bonds is 12. The Morgan fingerprint density at radius 3 is 2.36 bits per heavy atom. The van der Waals surface area contributed by atoms with Gasteiger partial charge in [0, 0.05) is 29.3 Å². The number of amides is 3. The number of hydrogen-bond acceptors (Lipinski definition) is 6. The largest absolute Gasteiger partial charge is 0.494 e. The molecule has 2 unspecified atom stereocenters. The zero-order chi connectivity index (χ0) is 30.1. The third kappa shape index (κ3) is 5.41. The van der Waals surface area contributed by atoms with Gasteiger partial charge in [0.15, 0.2) is 0 Å². The number of aryl methyl sites for hydroxylation is 2. The van der Waals surface area contributed by atoms with E-state index in [4.69, 9.17) is 4.74 Å². The maximum Gasteiger partial charge on any atom is 0.248 e. The summed E-state index contributed by atoms with van der Waals surface area (Å²) in [7, 11) is 0. The van der Waals surface area contributed by atoms with Gasteiger partial charge in [0.25, 0.3) is 0 Å². The minimum atomic E-state index is -0.668. The van der Waals surface area contributed by atoms with Crippen LogP contribution in [0.25, 0.3) is 0 Å². The first-order valence-corrected chi connectivity index (χ1v) is 16.0. The smallest absolute Gasteiger partial charge is 0.248 e. The van der Waals surface area contributed by atoms with Gasteiger partial charge >= 0.3 is 0 Å². The van der Waals surface area contributed by atoms with Gasteiger partial charge in [-0.15, -0.1) is 11.8 Å². The molecular weight excluding hydrogens is 550 g/mol. The highest BCUT2D eigenvalue weighted by atomic mass is 32.2. The van der Waals surface area contributed by atoms with Gasteiger partial charge < -0.3 is 25.4 Å². The van der Waals surface area contributed by atoms with E-state index in [0.717, 1.165) is 54.7 Å². The molecule has 3 amide bonds. The fraction of sp³-hybridized carbons (Fsp3) is 0.545. The molecule has 3 saturated heterocycles. The fourth-order valence-electron chi connectivity index (χ4n) is 7.34. The van der Waals surface area contributed by atoms with Crippen molar-refractivity contribution in [3.63, 3.8) is 0 Å². The summed E-state index contributed by atoms with van der Waals surface area (Å²) in [6, 6.07) is 12.5. The summed E-state index contributed by atoms with van der Waals surface area (Å²) in [6.45, 7) is 9.12. The average molecular weight is 594 g/mol. The van der Waals surface area contributed by atoms with Crippen LogP contribution in [0.4, 0.5) is 11.4 Å². The number of nitrogens with zero attached hydrogens (tertiary/aromatic N) is 1. The molecule has 2 aromatic carbocycles. The summed E-state index contributed by atoms with van der Waals surface area (Å²) >= 11 is 1.68. The van der Waals surface area contributed by atoms with Crippen LogP contribution in [0.5, 0.6) is 5.75 Å². The minimum Gasteiger partial charge on any atom is -0.494 e. The molecular formula is C33H43N3O5S. The lowest BCUT2D eigenvalue weighted by molar-refractivity contribution is -0.139. The van der Waals surface area contributed by atoms with Crippen molar-refractivity contribution in [3.8, 4) is 5.75 Å². The summed E-state index contributed by atoms with van der Waals surface area (Å²) < 4.78 is 4.42. The van der Waals surface area contributed by atoms with E-state index in [9.17, 15) is 19.5 Å². The third-order valence-corrected chi connectivity index (χ3v) is 11.3. The molecule has 3 heterocycles. The Morgan fingerprint density at radius 1 is 1.00 bits per heavy atom. The summed E-state index contributed by atoms with van der Waals surface area (Å²) in [5, 5.41) is 15.4. The second kappa shape index (κ2) is 12.3. The van der Waals surface area contributed by atoms with E-state index in [1.165, 1.54) is 0 Å². The van der Waals surface area contributed by atoms with Gasteiger partial charge in [-0.2, -0.15) is 0 Å². The van der Waals surface area contributed by atoms with Crippen molar-refractivity contribution in [1.82, 2.24) is 4.90 Å². The van der Waals surface area contributed by atoms with Gasteiger partial charge in [-0.1, -0.05) is 31.0 Å². The molecule has 3 aliphatic rings. The first-order valence-electron chi connectivity index (χ1n) is 15.2. The van der Waals surface area contributed by atoms with Gasteiger partial charge in [-0.3, -0.25) is 14.4 Å². The molecule has 42 heavy (non-hydrogen) atoms. The van der Waals surface area contributed by atoms with Gasteiger partial charge in [0.1, 0.15) is 11.8 Å². The SMILES string of the molecule is CCOc1ccc(NC(=O)[C@@H]2[C@H]3C(=O)N(CCCCCCO)C(C(=O)Nc4c(C)cccc4C)C34CC[C@@]2(C)S4)cc1. The highest BCUT2D eigenvalue weighted by molar-refractivity contribution is 8.02. The van der Waals surface area contributed by atoms with Crippen LogP contribution in [0.2, 0.25) is 0 Å². The molecule has 1 spiro atoms. The highest BCUT2D eigenvalue weighted by Crippen LogP contribution is 2.71. The van der Waals surface area contributed by atoms with Crippen LogP contribution in [-0.4, -0.2) is 63.0 Å². The molecule has 3 fully saturated rings. The van der Waals surface area contributed by atoms with Crippen LogP contribution in [0.15, 0.2) is 42.5 Å². The molecule has 0 radical (unpaired) electrons. The van der Waals surface area contributed by atoms with E-state index in [-0.39, 0.29) is 24.3 Å². The fourth-order valence-corrected chi connectivity index (χ4v) is 9.70. The molecule has 5 rings (SSSR count). The third-order valence-electron chi connectivity index (χ3n) is 9.28. The second-order valence-electron chi connectivity index (χ2n) is 12.1. The van der Waals surface area contributed by atoms with E-state index >= 15 is 0 Å². The number of unbranched alkanes of at least 4 members (excludes halogenated alkanes) is 3. The Balaban J connectivity index is 1.44. The zero-order valence-corrected chi connectivity index (χ0v) is 25.9. The molecule has 2 bridgehead atoms. The second-order valence-corrected chi connectivity index (χ2v) is 14.0. The normalized spacial score (nSPS) is 27.7.